The van der Waals surface area contributed by atoms with Crippen LogP contribution in [0.2, 0.25) is 10.0 Å². The molecule has 0 amide bonds. The zero-order chi connectivity index (χ0) is 24.3. The molecule has 35 heavy (non-hydrogen) atoms. The fourth-order valence-electron chi connectivity index (χ4n) is 5.82. The number of rotatable bonds is 7. The van der Waals surface area contributed by atoms with Crippen LogP contribution >= 0.6 is 23.2 Å². The molecule has 2 aromatic heterocycles. The van der Waals surface area contributed by atoms with Crippen LogP contribution in [0.4, 0.5) is 5.69 Å². The molecule has 1 aromatic carbocycles. The zero-order valence-electron chi connectivity index (χ0n) is 19.2. The number of anilines is 1. The van der Waals surface area contributed by atoms with E-state index in [9.17, 15) is 4.79 Å². The molecule has 3 aliphatic rings. The molecule has 182 valence electrons. The maximum atomic E-state index is 11.1. The molecule has 2 saturated carbocycles. The molecule has 1 N–H and O–H groups in total. The lowest BCUT2D eigenvalue weighted by atomic mass is 9.96. The monoisotopic (exact) mass is 513 g/mol. The van der Waals surface area contributed by atoms with Crippen LogP contribution in [0.1, 0.15) is 60.3 Å². The summed E-state index contributed by atoms with van der Waals surface area (Å²) in [6, 6.07) is 9.45. The number of hydrogen-bond acceptors (Lipinski definition) is 6. The van der Waals surface area contributed by atoms with Crippen molar-refractivity contribution in [2.75, 3.05) is 4.90 Å². The largest absolute Gasteiger partial charge is 0.477 e. The van der Waals surface area contributed by atoms with Gasteiger partial charge < -0.3 is 19.3 Å². The highest BCUT2D eigenvalue weighted by Crippen LogP contribution is 2.48. The van der Waals surface area contributed by atoms with Crippen molar-refractivity contribution in [3.8, 4) is 11.3 Å². The summed E-state index contributed by atoms with van der Waals surface area (Å²) in [5.74, 6) is 0.624. The fraction of sp³-hybridized carbons (Fsp3) is 0.423. The number of nitrogens with zero attached hydrogens (tertiary/aromatic N) is 3. The molecule has 4 atom stereocenters. The second-order valence-electron chi connectivity index (χ2n) is 9.74. The predicted molar refractivity (Wildman–Crippen MR) is 132 cm³/mol. The van der Waals surface area contributed by atoms with E-state index in [4.69, 9.17) is 37.6 Å². The Labute approximate surface area is 213 Å². The minimum absolute atomic E-state index is 0.0570. The number of piperidine rings is 1. The van der Waals surface area contributed by atoms with Crippen molar-refractivity contribution < 1.29 is 19.2 Å². The number of halogens is 2. The van der Waals surface area contributed by atoms with Gasteiger partial charge in [-0.2, -0.15) is 0 Å². The van der Waals surface area contributed by atoms with Gasteiger partial charge in [-0.15, -0.1) is 0 Å². The topological polar surface area (TPSA) is 88.7 Å². The molecule has 3 aromatic rings. The Morgan fingerprint density at radius 1 is 1.20 bits per heavy atom. The quantitative estimate of drug-likeness (QED) is 0.402. The van der Waals surface area contributed by atoms with Crippen molar-refractivity contribution >= 4 is 34.9 Å². The number of fused-ring (bicyclic) bond motifs is 2. The summed E-state index contributed by atoms with van der Waals surface area (Å²) in [6.07, 6.45) is 5.90. The highest BCUT2D eigenvalue weighted by Gasteiger charge is 2.50. The highest BCUT2D eigenvalue weighted by molar-refractivity contribution is 6.39. The van der Waals surface area contributed by atoms with Gasteiger partial charge in [-0.1, -0.05) is 34.4 Å². The Morgan fingerprint density at radius 2 is 1.97 bits per heavy atom. The second kappa shape index (κ2) is 8.80. The minimum atomic E-state index is -1.02. The Hall–Kier alpha value is -2.61. The SMILES string of the molecule is CC1C2CC(CC2OCc2c(-c3c(Cl)cccc3Cl)noc2C2CC2)N1c1ccc(C(=O)O)nc1. The van der Waals surface area contributed by atoms with Gasteiger partial charge in [0.15, 0.2) is 0 Å². The first-order valence-corrected chi connectivity index (χ1v) is 12.7. The van der Waals surface area contributed by atoms with Gasteiger partial charge in [-0.05, 0) is 56.9 Å². The van der Waals surface area contributed by atoms with E-state index < -0.39 is 5.97 Å². The van der Waals surface area contributed by atoms with Gasteiger partial charge in [-0.25, -0.2) is 9.78 Å². The molecule has 3 heterocycles. The van der Waals surface area contributed by atoms with Gasteiger partial charge in [-0.3, -0.25) is 0 Å². The van der Waals surface area contributed by atoms with Crippen LogP contribution in [-0.4, -0.2) is 39.4 Å². The van der Waals surface area contributed by atoms with Crippen molar-refractivity contribution in [3.63, 3.8) is 0 Å². The standard InChI is InChI=1S/C26H25Cl2N3O4/c1-13-17-9-16(31(13)15-7-8-21(26(32)33)29-11-15)10-22(17)34-12-18-24(30-35-25(18)14-5-6-14)23-19(27)3-2-4-20(23)28/h2-4,7-8,11,13-14,16-17,22H,5-6,9-10,12H2,1H3,(H,32,33). The Bertz CT molecular complexity index is 1250. The molecule has 2 aliphatic carbocycles. The lowest BCUT2D eigenvalue weighted by molar-refractivity contribution is 0.00367. The number of aromatic nitrogens is 2. The third kappa shape index (κ3) is 3.99. The third-order valence-corrected chi connectivity index (χ3v) is 8.28. The molecular weight excluding hydrogens is 489 g/mol. The van der Waals surface area contributed by atoms with Crippen molar-refractivity contribution in [2.24, 2.45) is 5.92 Å². The molecule has 9 heteroatoms. The molecule has 7 nitrogen and oxygen atoms in total. The molecule has 4 unspecified atom stereocenters. The number of aromatic carboxylic acids is 1. The normalized spacial score (nSPS) is 25.4. The summed E-state index contributed by atoms with van der Waals surface area (Å²) in [5, 5.41) is 14.6. The first-order chi connectivity index (χ1) is 16.9. The first-order valence-electron chi connectivity index (χ1n) is 11.9. The van der Waals surface area contributed by atoms with Crippen molar-refractivity contribution in [1.82, 2.24) is 10.1 Å². The van der Waals surface area contributed by atoms with E-state index >= 15 is 0 Å². The van der Waals surface area contributed by atoms with Gasteiger partial charge in [0.2, 0.25) is 0 Å². The van der Waals surface area contributed by atoms with Gasteiger partial charge >= 0.3 is 5.97 Å². The van der Waals surface area contributed by atoms with E-state index in [1.807, 2.05) is 24.3 Å². The van der Waals surface area contributed by atoms with Crippen LogP contribution in [0.25, 0.3) is 11.3 Å². The maximum Gasteiger partial charge on any atom is 0.354 e. The average Bonchev–Trinajstić information content (AvgIpc) is 3.34. The number of pyridine rings is 1. The molecule has 6 rings (SSSR count). The summed E-state index contributed by atoms with van der Waals surface area (Å²) in [7, 11) is 0. The molecule has 3 fully saturated rings. The van der Waals surface area contributed by atoms with Crippen LogP contribution in [0, 0.1) is 5.92 Å². The zero-order valence-corrected chi connectivity index (χ0v) is 20.7. The van der Waals surface area contributed by atoms with Gasteiger partial charge in [0, 0.05) is 35.0 Å². The van der Waals surface area contributed by atoms with Crippen LogP contribution < -0.4 is 4.90 Å². The number of carboxylic acid groups (broad SMARTS) is 1. The lowest BCUT2D eigenvalue weighted by Crippen LogP contribution is -2.45. The predicted octanol–water partition coefficient (Wildman–Crippen LogP) is 6.19. The molecule has 1 saturated heterocycles. The van der Waals surface area contributed by atoms with Crippen LogP contribution in [0.15, 0.2) is 41.1 Å². The van der Waals surface area contributed by atoms with E-state index in [-0.39, 0.29) is 17.8 Å². The highest BCUT2D eigenvalue weighted by atomic mass is 35.5. The van der Waals surface area contributed by atoms with E-state index in [0.29, 0.717) is 45.8 Å². The Kier molecular flexibility index (Phi) is 5.74. The van der Waals surface area contributed by atoms with Crippen LogP contribution in [0.3, 0.4) is 0 Å². The van der Waals surface area contributed by atoms with Crippen molar-refractivity contribution in [2.45, 2.75) is 63.3 Å². The van der Waals surface area contributed by atoms with E-state index in [1.165, 1.54) is 0 Å². The summed E-state index contributed by atoms with van der Waals surface area (Å²) < 4.78 is 12.3. The summed E-state index contributed by atoms with van der Waals surface area (Å²) >= 11 is 13.0. The maximum absolute atomic E-state index is 11.1. The van der Waals surface area contributed by atoms with Crippen molar-refractivity contribution in [1.29, 1.82) is 0 Å². The summed E-state index contributed by atoms with van der Waals surface area (Å²) in [4.78, 5) is 17.6. The van der Waals surface area contributed by atoms with E-state index in [0.717, 1.165) is 42.7 Å². The average molecular weight is 514 g/mol. The third-order valence-electron chi connectivity index (χ3n) is 7.65. The molecule has 2 bridgehead atoms. The smallest absolute Gasteiger partial charge is 0.354 e. The molecule has 0 spiro atoms. The second-order valence-corrected chi connectivity index (χ2v) is 10.6. The minimum Gasteiger partial charge on any atom is -0.477 e. The van der Waals surface area contributed by atoms with Gasteiger partial charge in [0.25, 0.3) is 0 Å². The van der Waals surface area contributed by atoms with E-state index in [1.54, 1.807) is 12.3 Å². The van der Waals surface area contributed by atoms with Crippen LogP contribution in [0.5, 0.6) is 0 Å². The number of carboxylic acids is 1. The summed E-state index contributed by atoms with van der Waals surface area (Å²) in [5.41, 5.74) is 3.32. The Morgan fingerprint density at radius 3 is 2.60 bits per heavy atom. The van der Waals surface area contributed by atoms with Gasteiger partial charge in [0.05, 0.1) is 34.6 Å². The van der Waals surface area contributed by atoms with Crippen LogP contribution in [-0.2, 0) is 11.3 Å². The molecular formula is C26H25Cl2N3O4. The molecule has 1 aliphatic heterocycles. The number of carbonyl (C=O) groups is 1. The van der Waals surface area contributed by atoms with E-state index in [2.05, 4.69) is 22.0 Å². The van der Waals surface area contributed by atoms with Crippen molar-refractivity contribution in [3.05, 3.63) is 63.6 Å². The van der Waals surface area contributed by atoms with Gasteiger partial charge in [0.1, 0.15) is 17.1 Å². The summed E-state index contributed by atoms with van der Waals surface area (Å²) in [6.45, 7) is 2.61. The molecule has 0 radical (unpaired) electrons. The number of hydrogen-bond donors (Lipinski definition) is 1. The Balaban J connectivity index is 1.20. The number of ether oxygens (including phenoxy) is 1. The number of benzene rings is 1. The fourth-order valence-corrected chi connectivity index (χ4v) is 6.40. The first kappa shape index (κ1) is 22.8. The lowest BCUT2D eigenvalue weighted by Gasteiger charge is -2.38.